The van der Waals surface area contributed by atoms with Crippen LogP contribution in [-0.2, 0) is 6.54 Å². The first kappa shape index (κ1) is 17.5. The minimum atomic E-state index is -0.291. The highest BCUT2D eigenvalue weighted by Crippen LogP contribution is 2.23. The van der Waals surface area contributed by atoms with E-state index in [2.05, 4.69) is 15.7 Å². The van der Waals surface area contributed by atoms with Crippen LogP contribution in [0.15, 0.2) is 54.6 Å². The summed E-state index contributed by atoms with van der Waals surface area (Å²) in [5.41, 5.74) is 4.53. The summed E-state index contributed by atoms with van der Waals surface area (Å²) in [7, 11) is 1.57. The molecule has 1 aromatic heterocycles. The Morgan fingerprint density at radius 1 is 1.08 bits per heavy atom. The number of anilines is 1. The zero-order valence-electron chi connectivity index (χ0n) is 15.1. The first-order valence-corrected chi connectivity index (χ1v) is 8.38. The van der Waals surface area contributed by atoms with Crippen molar-refractivity contribution in [1.29, 1.82) is 0 Å². The predicted octanol–water partition coefficient (Wildman–Crippen LogP) is 3.82. The molecule has 0 aliphatic rings. The van der Waals surface area contributed by atoms with E-state index in [1.165, 1.54) is 0 Å². The predicted molar refractivity (Wildman–Crippen MR) is 102 cm³/mol. The van der Waals surface area contributed by atoms with Gasteiger partial charge in [0, 0.05) is 17.8 Å². The van der Waals surface area contributed by atoms with Gasteiger partial charge in [0.2, 0.25) is 0 Å². The lowest BCUT2D eigenvalue weighted by atomic mass is 10.2. The number of aryl methyl sites for hydroxylation is 1. The molecule has 0 aliphatic heterocycles. The average molecular weight is 350 g/mol. The van der Waals surface area contributed by atoms with Crippen molar-refractivity contribution < 1.29 is 9.53 Å². The SMILES string of the molecule is COc1ccccc1NC(=O)NCc1c(C)nn(-c2ccccc2)c1C. The van der Waals surface area contributed by atoms with Crippen molar-refractivity contribution in [2.75, 3.05) is 12.4 Å². The minimum absolute atomic E-state index is 0.291. The van der Waals surface area contributed by atoms with Crippen molar-refractivity contribution in [2.45, 2.75) is 20.4 Å². The van der Waals surface area contributed by atoms with E-state index in [1.54, 1.807) is 19.2 Å². The fourth-order valence-electron chi connectivity index (χ4n) is 2.83. The summed E-state index contributed by atoms with van der Waals surface area (Å²) in [6.45, 7) is 4.34. The third-order valence-corrected chi connectivity index (χ3v) is 4.22. The van der Waals surface area contributed by atoms with Gasteiger partial charge in [0.05, 0.1) is 24.2 Å². The molecule has 0 saturated heterocycles. The highest BCUT2D eigenvalue weighted by molar-refractivity contribution is 5.90. The van der Waals surface area contributed by atoms with Gasteiger partial charge in [0.1, 0.15) is 5.75 Å². The van der Waals surface area contributed by atoms with E-state index in [4.69, 9.17) is 4.74 Å². The van der Waals surface area contributed by atoms with Crippen LogP contribution in [0.5, 0.6) is 5.75 Å². The van der Waals surface area contributed by atoms with Crippen molar-refractivity contribution in [1.82, 2.24) is 15.1 Å². The summed E-state index contributed by atoms with van der Waals surface area (Å²) in [6.07, 6.45) is 0. The van der Waals surface area contributed by atoms with Gasteiger partial charge in [0.15, 0.2) is 0 Å². The maximum absolute atomic E-state index is 12.2. The van der Waals surface area contributed by atoms with E-state index in [9.17, 15) is 4.79 Å². The Bertz CT molecular complexity index is 903. The van der Waals surface area contributed by atoms with E-state index < -0.39 is 0 Å². The molecule has 0 saturated carbocycles. The Balaban J connectivity index is 1.70. The highest BCUT2D eigenvalue weighted by atomic mass is 16.5. The molecule has 2 amide bonds. The number of para-hydroxylation sites is 3. The normalized spacial score (nSPS) is 10.4. The minimum Gasteiger partial charge on any atom is -0.495 e. The second-order valence-electron chi connectivity index (χ2n) is 5.90. The van der Waals surface area contributed by atoms with Crippen LogP contribution in [0, 0.1) is 13.8 Å². The molecule has 0 spiro atoms. The van der Waals surface area contributed by atoms with Crippen LogP contribution in [-0.4, -0.2) is 22.9 Å². The van der Waals surface area contributed by atoms with Crippen LogP contribution in [0.25, 0.3) is 5.69 Å². The van der Waals surface area contributed by atoms with Crippen molar-refractivity contribution in [3.8, 4) is 11.4 Å². The summed E-state index contributed by atoms with van der Waals surface area (Å²) in [5, 5.41) is 10.3. The molecule has 0 atom stereocenters. The molecule has 134 valence electrons. The molecule has 0 unspecified atom stereocenters. The molecule has 0 aliphatic carbocycles. The molecular weight excluding hydrogens is 328 g/mol. The van der Waals surface area contributed by atoms with Gasteiger partial charge < -0.3 is 15.4 Å². The number of benzene rings is 2. The molecular formula is C20H22N4O2. The molecule has 3 aromatic rings. The maximum atomic E-state index is 12.2. The van der Waals surface area contributed by atoms with E-state index in [-0.39, 0.29) is 6.03 Å². The highest BCUT2D eigenvalue weighted by Gasteiger charge is 2.14. The zero-order valence-corrected chi connectivity index (χ0v) is 15.1. The lowest BCUT2D eigenvalue weighted by Crippen LogP contribution is -2.28. The largest absolute Gasteiger partial charge is 0.495 e. The summed E-state index contributed by atoms with van der Waals surface area (Å²) < 4.78 is 7.14. The van der Waals surface area contributed by atoms with Gasteiger partial charge in [-0.25, -0.2) is 9.48 Å². The third kappa shape index (κ3) is 3.69. The van der Waals surface area contributed by atoms with Crippen molar-refractivity contribution in [3.63, 3.8) is 0 Å². The van der Waals surface area contributed by atoms with Gasteiger partial charge in [-0.3, -0.25) is 0 Å². The number of hydrogen-bond acceptors (Lipinski definition) is 3. The van der Waals surface area contributed by atoms with Gasteiger partial charge in [-0.2, -0.15) is 5.10 Å². The summed E-state index contributed by atoms with van der Waals surface area (Å²) in [5.74, 6) is 0.618. The van der Waals surface area contributed by atoms with Crippen LogP contribution in [0.4, 0.5) is 10.5 Å². The maximum Gasteiger partial charge on any atom is 0.319 e. The molecule has 3 rings (SSSR count). The Hall–Kier alpha value is -3.28. The third-order valence-electron chi connectivity index (χ3n) is 4.22. The summed E-state index contributed by atoms with van der Waals surface area (Å²) >= 11 is 0. The smallest absolute Gasteiger partial charge is 0.319 e. The second kappa shape index (κ2) is 7.74. The number of rotatable bonds is 5. The van der Waals surface area contributed by atoms with Gasteiger partial charge in [0.25, 0.3) is 0 Å². The van der Waals surface area contributed by atoms with Crippen LogP contribution in [0.2, 0.25) is 0 Å². The van der Waals surface area contributed by atoms with Crippen LogP contribution < -0.4 is 15.4 Å². The van der Waals surface area contributed by atoms with Crippen LogP contribution in [0.1, 0.15) is 17.0 Å². The molecule has 2 aromatic carbocycles. The van der Waals surface area contributed by atoms with E-state index in [0.717, 1.165) is 22.6 Å². The van der Waals surface area contributed by atoms with Gasteiger partial charge in [-0.05, 0) is 38.1 Å². The topological polar surface area (TPSA) is 68.2 Å². The number of carbonyl (C=O) groups is 1. The fraction of sp³-hybridized carbons (Fsp3) is 0.200. The number of urea groups is 1. The Kier molecular flexibility index (Phi) is 5.22. The molecule has 6 heteroatoms. The number of aromatic nitrogens is 2. The summed E-state index contributed by atoms with van der Waals surface area (Å²) in [6, 6.07) is 16.9. The zero-order chi connectivity index (χ0) is 18.5. The lowest BCUT2D eigenvalue weighted by molar-refractivity contribution is 0.251. The van der Waals surface area contributed by atoms with E-state index in [1.807, 2.05) is 61.0 Å². The Morgan fingerprint density at radius 3 is 2.50 bits per heavy atom. The van der Waals surface area contributed by atoms with Crippen molar-refractivity contribution in [3.05, 3.63) is 71.5 Å². The molecule has 0 fully saturated rings. The number of nitrogens with zero attached hydrogens (tertiary/aromatic N) is 2. The monoisotopic (exact) mass is 350 g/mol. The molecule has 0 radical (unpaired) electrons. The lowest BCUT2D eigenvalue weighted by Gasteiger charge is -2.11. The first-order valence-electron chi connectivity index (χ1n) is 8.38. The van der Waals surface area contributed by atoms with Crippen molar-refractivity contribution in [2.24, 2.45) is 0 Å². The Morgan fingerprint density at radius 2 is 1.77 bits per heavy atom. The molecule has 1 heterocycles. The van der Waals surface area contributed by atoms with Crippen molar-refractivity contribution >= 4 is 11.7 Å². The van der Waals surface area contributed by atoms with Gasteiger partial charge in [-0.1, -0.05) is 30.3 Å². The number of nitrogens with one attached hydrogen (secondary N) is 2. The van der Waals surface area contributed by atoms with Crippen LogP contribution in [0.3, 0.4) is 0 Å². The van der Waals surface area contributed by atoms with E-state index in [0.29, 0.717) is 18.0 Å². The van der Waals surface area contributed by atoms with Crippen LogP contribution >= 0.6 is 0 Å². The number of carbonyl (C=O) groups excluding carboxylic acids is 1. The first-order chi connectivity index (χ1) is 12.6. The Labute approximate surface area is 152 Å². The molecule has 26 heavy (non-hydrogen) atoms. The number of methoxy groups -OCH3 is 1. The van der Waals surface area contributed by atoms with Gasteiger partial charge in [-0.15, -0.1) is 0 Å². The second-order valence-corrected chi connectivity index (χ2v) is 5.90. The summed E-state index contributed by atoms with van der Waals surface area (Å²) in [4.78, 5) is 12.2. The number of ether oxygens (including phenoxy) is 1. The quantitative estimate of drug-likeness (QED) is 0.735. The number of hydrogen-bond donors (Lipinski definition) is 2. The van der Waals surface area contributed by atoms with E-state index >= 15 is 0 Å². The van der Waals surface area contributed by atoms with Gasteiger partial charge >= 0.3 is 6.03 Å². The molecule has 2 N–H and O–H groups in total. The molecule has 6 nitrogen and oxygen atoms in total. The molecule has 0 bridgehead atoms. The standard InChI is InChI=1S/C20H22N4O2/c1-14-17(15(2)24(23-14)16-9-5-4-6-10-16)13-21-20(25)22-18-11-7-8-12-19(18)26-3/h4-12H,13H2,1-3H3,(H2,21,22,25). The average Bonchev–Trinajstić information content (AvgIpc) is 2.95. The number of amides is 2. The fourth-order valence-corrected chi connectivity index (χ4v) is 2.83.